The summed E-state index contributed by atoms with van der Waals surface area (Å²) in [6, 6.07) is 8.63. The fourth-order valence-corrected chi connectivity index (χ4v) is 1.34. The van der Waals surface area contributed by atoms with E-state index >= 15 is 0 Å². The van der Waals surface area contributed by atoms with Gasteiger partial charge in [0.1, 0.15) is 0 Å². The zero-order chi connectivity index (χ0) is 9.68. The molecule has 0 heterocycles. The highest BCUT2D eigenvalue weighted by Gasteiger charge is 1.93. The third kappa shape index (κ3) is 3.27. The fourth-order valence-electron chi connectivity index (χ4n) is 1.22. The highest BCUT2D eigenvalue weighted by molar-refractivity contribution is 7.80. The van der Waals surface area contributed by atoms with Crippen LogP contribution in [-0.4, -0.2) is 5.75 Å². The lowest BCUT2D eigenvalue weighted by Crippen LogP contribution is -1.80. The van der Waals surface area contributed by atoms with Crippen LogP contribution < -0.4 is 0 Å². The maximum absolute atomic E-state index is 4.18. The van der Waals surface area contributed by atoms with Crippen molar-refractivity contribution in [2.75, 3.05) is 5.75 Å². The number of allylic oxidation sites excluding steroid dienone is 2. The summed E-state index contributed by atoms with van der Waals surface area (Å²) >= 11 is 4.18. The van der Waals surface area contributed by atoms with Crippen LogP contribution in [0.4, 0.5) is 0 Å². The fraction of sp³-hybridized carbons (Fsp3) is 0.333. The van der Waals surface area contributed by atoms with Crippen LogP contribution in [0, 0.1) is 6.92 Å². The maximum Gasteiger partial charge on any atom is -0.00631 e. The smallest absolute Gasteiger partial charge is 0.00631 e. The molecule has 0 amide bonds. The zero-order valence-electron chi connectivity index (χ0n) is 8.25. The SMILES string of the molecule is C/C(=C\CCS)c1ccc(C)cc1. The van der Waals surface area contributed by atoms with Crippen LogP contribution in [0.2, 0.25) is 0 Å². The van der Waals surface area contributed by atoms with Crippen molar-refractivity contribution in [3.05, 3.63) is 41.5 Å². The third-order valence-corrected chi connectivity index (χ3v) is 2.34. The van der Waals surface area contributed by atoms with Gasteiger partial charge in [0.05, 0.1) is 0 Å². The molecule has 0 aliphatic rings. The average Bonchev–Trinajstić information content (AvgIpc) is 2.15. The summed E-state index contributed by atoms with van der Waals surface area (Å²) in [5.74, 6) is 0.920. The number of thiol groups is 1. The standard InChI is InChI=1S/C12H16S/c1-10-5-7-12(8-6-10)11(2)4-3-9-13/h4-8,13H,3,9H2,1-2H3/b11-4+. The van der Waals surface area contributed by atoms with Crippen molar-refractivity contribution in [3.8, 4) is 0 Å². The second kappa shape index (κ2) is 5.13. The summed E-state index contributed by atoms with van der Waals surface area (Å²) in [7, 11) is 0. The Hall–Kier alpha value is -0.690. The molecule has 0 saturated carbocycles. The first kappa shape index (κ1) is 10.4. The van der Waals surface area contributed by atoms with Crippen LogP contribution >= 0.6 is 12.6 Å². The summed E-state index contributed by atoms with van der Waals surface area (Å²) < 4.78 is 0. The lowest BCUT2D eigenvalue weighted by molar-refractivity contribution is 1.25. The van der Waals surface area contributed by atoms with Gasteiger partial charge in [-0.1, -0.05) is 35.9 Å². The molecule has 0 radical (unpaired) electrons. The van der Waals surface area contributed by atoms with Crippen LogP contribution in [0.25, 0.3) is 5.57 Å². The van der Waals surface area contributed by atoms with Gasteiger partial charge in [-0.3, -0.25) is 0 Å². The minimum absolute atomic E-state index is 0.920. The lowest BCUT2D eigenvalue weighted by Gasteiger charge is -2.01. The van der Waals surface area contributed by atoms with Crippen LogP contribution in [0.1, 0.15) is 24.5 Å². The number of benzene rings is 1. The van der Waals surface area contributed by atoms with Crippen molar-refractivity contribution < 1.29 is 0 Å². The number of rotatable bonds is 3. The van der Waals surface area contributed by atoms with Gasteiger partial charge >= 0.3 is 0 Å². The number of hydrogen-bond donors (Lipinski definition) is 1. The van der Waals surface area contributed by atoms with Crippen molar-refractivity contribution in [1.82, 2.24) is 0 Å². The summed E-state index contributed by atoms with van der Waals surface area (Å²) in [5.41, 5.74) is 3.96. The monoisotopic (exact) mass is 192 g/mol. The molecule has 0 saturated heterocycles. The van der Waals surface area contributed by atoms with Crippen molar-refractivity contribution >= 4 is 18.2 Å². The van der Waals surface area contributed by atoms with E-state index in [1.54, 1.807) is 0 Å². The molecule has 1 heteroatoms. The van der Waals surface area contributed by atoms with Gasteiger partial charge in [-0.15, -0.1) is 0 Å². The topological polar surface area (TPSA) is 0 Å². The largest absolute Gasteiger partial charge is 0.179 e. The van der Waals surface area contributed by atoms with Gasteiger partial charge in [0.15, 0.2) is 0 Å². The minimum Gasteiger partial charge on any atom is -0.179 e. The van der Waals surface area contributed by atoms with Crippen molar-refractivity contribution in [3.63, 3.8) is 0 Å². The Kier molecular flexibility index (Phi) is 4.10. The maximum atomic E-state index is 4.18. The summed E-state index contributed by atoms with van der Waals surface area (Å²) in [6.07, 6.45) is 3.28. The predicted octanol–water partition coefficient (Wildman–Crippen LogP) is 3.72. The Morgan fingerprint density at radius 1 is 1.31 bits per heavy atom. The molecule has 0 unspecified atom stereocenters. The van der Waals surface area contributed by atoms with E-state index in [0.29, 0.717) is 0 Å². The summed E-state index contributed by atoms with van der Waals surface area (Å²) in [5, 5.41) is 0. The van der Waals surface area contributed by atoms with E-state index in [2.05, 4.69) is 56.8 Å². The molecule has 0 bridgehead atoms. The predicted molar refractivity (Wildman–Crippen MR) is 63.3 cm³/mol. The Bertz CT molecular complexity index is 282. The molecular weight excluding hydrogens is 176 g/mol. The van der Waals surface area contributed by atoms with E-state index in [0.717, 1.165) is 12.2 Å². The van der Waals surface area contributed by atoms with Gasteiger partial charge in [-0.05, 0) is 37.2 Å². The lowest BCUT2D eigenvalue weighted by atomic mass is 10.1. The molecule has 1 aromatic rings. The van der Waals surface area contributed by atoms with E-state index in [-0.39, 0.29) is 0 Å². The molecule has 0 atom stereocenters. The van der Waals surface area contributed by atoms with Crippen LogP contribution in [-0.2, 0) is 0 Å². The quantitative estimate of drug-likeness (QED) is 0.693. The molecule has 0 aliphatic heterocycles. The normalized spacial score (nSPS) is 11.8. The van der Waals surface area contributed by atoms with Crippen LogP contribution in [0.15, 0.2) is 30.3 Å². The number of aryl methyl sites for hydroxylation is 1. The van der Waals surface area contributed by atoms with Crippen molar-refractivity contribution in [2.45, 2.75) is 20.3 Å². The molecule has 0 spiro atoms. The Balaban J connectivity index is 2.77. The van der Waals surface area contributed by atoms with Crippen LogP contribution in [0.5, 0.6) is 0 Å². The molecule has 0 aromatic heterocycles. The first-order chi connectivity index (χ1) is 6.24. The van der Waals surface area contributed by atoms with Gasteiger partial charge < -0.3 is 0 Å². The second-order valence-electron chi connectivity index (χ2n) is 3.27. The van der Waals surface area contributed by atoms with Crippen LogP contribution in [0.3, 0.4) is 0 Å². The highest BCUT2D eigenvalue weighted by atomic mass is 32.1. The molecule has 13 heavy (non-hydrogen) atoms. The minimum atomic E-state index is 0.920. The first-order valence-electron chi connectivity index (χ1n) is 4.58. The highest BCUT2D eigenvalue weighted by Crippen LogP contribution is 2.14. The van der Waals surface area contributed by atoms with E-state index in [4.69, 9.17) is 0 Å². The van der Waals surface area contributed by atoms with Gasteiger partial charge in [0.2, 0.25) is 0 Å². The van der Waals surface area contributed by atoms with E-state index in [1.165, 1.54) is 16.7 Å². The van der Waals surface area contributed by atoms with E-state index in [9.17, 15) is 0 Å². The third-order valence-electron chi connectivity index (χ3n) is 2.09. The zero-order valence-corrected chi connectivity index (χ0v) is 9.14. The molecular formula is C12H16S. The molecule has 1 rings (SSSR count). The molecule has 0 nitrogen and oxygen atoms in total. The van der Waals surface area contributed by atoms with Gasteiger partial charge in [-0.2, -0.15) is 12.6 Å². The molecule has 0 fully saturated rings. The second-order valence-corrected chi connectivity index (χ2v) is 3.71. The van der Waals surface area contributed by atoms with Gasteiger partial charge in [0, 0.05) is 0 Å². The van der Waals surface area contributed by atoms with E-state index < -0.39 is 0 Å². The number of hydrogen-bond acceptors (Lipinski definition) is 1. The van der Waals surface area contributed by atoms with Gasteiger partial charge in [0.25, 0.3) is 0 Å². The molecule has 0 N–H and O–H groups in total. The molecule has 1 aromatic carbocycles. The average molecular weight is 192 g/mol. The Morgan fingerprint density at radius 2 is 1.92 bits per heavy atom. The van der Waals surface area contributed by atoms with Crippen molar-refractivity contribution in [1.29, 1.82) is 0 Å². The first-order valence-corrected chi connectivity index (χ1v) is 5.22. The Morgan fingerprint density at radius 3 is 2.46 bits per heavy atom. The molecule has 0 aliphatic carbocycles. The van der Waals surface area contributed by atoms with Gasteiger partial charge in [-0.25, -0.2) is 0 Å². The summed E-state index contributed by atoms with van der Waals surface area (Å²) in [6.45, 7) is 4.25. The molecule has 70 valence electrons. The Labute approximate surface area is 86.1 Å². The van der Waals surface area contributed by atoms with Crippen molar-refractivity contribution in [2.24, 2.45) is 0 Å². The summed E-state index contributed by atoms with van der Waals surface area (Å²) in [4.78, 5) is 0. The van der Waals surface area contributed by atoms with E-state index in [1.807, 2.05) is 0 Å².